The van der Waals surface area contributed by atoms with Gasteiger partial charge in [0.1, 0.15) is 5.76 Å². The maximum atomic E-state index is 12.3. The molecule has 8 heteroatoms. The summed E-state index contributed by atoms with van der Waals surface area (Å²) in [5, 5.41) is 5.53. The summed E-state index contributed by atoms with van der Waals surface area (Å²) >= 11 is 0. The summed E-state index contributed by atoms with van der Waals surface area (Å²) in [6, 6.07) is 6.71. The molecular weight excluding hydrogens is 352 g/mol. The fourth-order valence-corrected chi connectivity index (χ4v) is 2.45. The van der Waals surface area contributed by atoms with E-state index in [-0.39, 0.29) is 11.8 Å². The van der Waals surface area contributed by atoms with E-state index < -0.39 is 0 Å². The molecule has 0 fully saturated rings. The van der Waals surface area contributed by atoms with Gasteiger partial charge in [-0.1, -0.05) is 0 Å². The van der Waals surface area contributed by atoms with Crippen LogP contribution in [0, 0.1) is 0 Å². The van der Waals surface area contributed by atoms with Crippen molar-refractivity contribution in [2.24, 2.45) is 0 Å². The lowest BCUT2D eigenvalue weighted by atomic mass is 10.1. The summed E-state index contributed by atoms with van der Waals surface area (Å²) < 4.78 is 20.9. The second-order valence-electron chi connectivity index (χ2n) is 5.63. The number of ether oxygens (including phenoxy) is 3. The van der Waals surface area contributed by atoms with Crippen molar-refractivity contribution in [3.63, 3.8) is 0 Å². The third-order valence-corrected chi connectivity index (χ3v) is 3.83. The normalized spacial score (nSPS) is 10.2. The van der Waals surface area contributed by atoms with E-state index in [1.165, 1.54) is 21.3 Å². The quantitative estimate of drug-likeness (QED) is 0.617. The van der Waals surface area contributed by atoms with Gasteiger partial charge in [-0.3, -0.25) is 9.59 Å². The van der Waals surface area contributed by atoms with Crippen LogP contribution in [-0.2, 0) is 11.3 Å². The predicted molar refractivity (Wildman–Crippen MR) is 98.2 cm³/mol. The van der Waals surface area contributed by atoms with Crippen LogP contribution in [0.2, 0.25) is 0 Å². The molecule has 0 radical (unpaired) electrons. The molecule has 0 saturated heterocycles. The number of carbonyl (C=O) groups excluding carboxylic acids is 2. The SMILES string of the molecule is COc1cc(C(=O)NCCCC(=O)NCc2ccco2)cc(OC)c1OC. The van der Waals surface area contributed by atoms with Gasteiger partial charge in [0, 0.05) is 18.5 Å². The van der Waals surface area contributed by atoms with Crippen molar-refractivity contribution in [2.45, 2.75) is 19.4 Å². The molecule has 146 valence electrons. The van der Waals surface area contributed by atoms with E-state index in [2.05, 4.69) is 10.6 Å². The van der Waals surface area contributed by atoms with E-state index in [0.29, 0.717) is 54.5 Å². The minimum absolute atomic E-state index is 0.103. The first-order valence-electron chi connectivity index (χ1n) is 8.46. The average molecular weight is 376 g/mol. The number of furan rings is 1. The molecule has 2 amide bonds. The number of benzene rings is 1. The zero-order valence-corrected chi connectivity index (χ0v) is 15.7. The van der Waals surface area contributed by atoms with Crippen LogP contribution >= 0.6 is 0 Å². The molecule has 0 unspecified atom stereocenters. The number of rotatable bonds is 10. The van der Waals surface area contributed by atoms with Crippen molar-refractivity contribution in [2.75, 3.05) is 27.9 Å². The molecule has 0 atom stereocenters. The second kappa shape index (κ2) is 10.1. The Hall–Kier alpha value is -3.16. The lowest BCUT2D eigenvalue weighted by Gasteiger charge is -2.14. The van der Waals surface area contributed by atoms with Crippen LogP contribution in [0.3, 0.4) is 0 Å². The van der Waals surface area contributed by atoms with Gasteiger partial charge in [0.2, 0.25) is 11.7 Å². The molecule has 1 aromatic heterocycles. The van der Waals surface area contributed by atoms with Crippen LogP contribution in [-0.4, -0.2) is 39.7 Å². The Morgan fingerprint density at radius 2 is 1.74 bits per heavy atom. The lowest BCUT2D eigenvalue weighted by Crippen LogP contribution is -2.27. The molecular formula is C19H24N2O6. The van der Waals surface area contributed by atoms with E-state index >= 15 is 0 Å². The van der Waals surface area contributed by atoms with Gasteiger partial charge in [-0.2, -0.15) is 0 Å². The third kappa shape index (κ3) is 5.67. The fraction of sp³-hybridized carbons (Fsp3) is 0.368. The van der Waals surface area contributed by atoms with Crippen LogP contribution < -0.4 is 24.8 Å². The highest BCUT2D eigenvalue weighted by molar-refractivity contribution is 5.95. The van der Waals surface area contributed by atoms with Crippen molar-refractivity contribution in [1.29, 1.82) is 0 Å². The van der Waals surface area contributed by atoms with Crippen LogP contribution in [0.4, 0.5) is 0 Å². The van der Waals surface area contributed by atoms with Gasteiger partial charge in [0.15, 0.2) is 11.5 Å². The number of amides is 2. The monoisotopic (exact) mass is 376 g/mol. The van der Waals surface area contributed by atoms with Gasteiger partial charge >= 0.3 is 0 Å². The Morgan fingerprint density at radius 3 is 2.30 bits per heavy atom. The summed E-state index contributed by atoms with van der Waals surface area (Å²) in [5.74, 6) is 1.53. The van der Waals surface area contributed by atoms with Gasteiger partial charge in [-0.05, 0) is 30.7 Å². The molecule has 0 saturated carbocycles. The maximum Gasteiger partial charge on any atom is 0.251 e. The second-order valence-corrected chi connectivity index (χ2v) is 5.63. The van der Waals surface area contributed by atoms with Crippen molar-refractivity contribution < 1.29 is 28.2 Å². The average Bonchev–Trinajstić information content (AvgIpc) is 3.21. The molecule has 0 aliphatic carbocycles. The van der Waals surface area contributed by atoms with Crippen LogP contribution in [0.1, 0.15) is 29.0 Å². The summed E-state index contributed by atoms with van der Waals surface area (Å²) in [5.41, 5.74) is 0.381. The Labute approximate surface area is 157 Å². The number of carbonyl (C=O) groups is 2. The van der Waals surface area contributed by atoms with Crippen LogP contribution in [0.15, 0.2) is 34.9 Å². The van der Waals surface area contributed by atoms with E-state index in [0.717, 1.165) is 0 Å². The molecule has 1 aromatic carbocycles. The zero-order valence-electron chi connectivity index (χ0n) is 15.7. The summed E-state index contributed by atoms with van der Waals surface area (Å²) in [7, 11) is 4.47. The molecule has 0 bridgehead atoms. The molecule has 0 aliphatic heterocycles. The minimum Gasteiger partial charge on any atom is -0.493 e. The molecule has 27 heavy (non-hydrogen) atoms. The molecule has 2 N–H and O–H groups in total. The van der Waals surface area contributed by atoms with E-state index in [4.69, 9.17) is 18.6 Å². The van der Waals surface area contributed by atoms with Gasteiger partial charge in [0.05, 0.1) is 34.1 Å². The molecule has 0 aliphatic rings. The summed E-state index contributed by atoms with van der Waals surface area (Å²) in [6.07, 6.45) is 2.37. The Morgan fingerprint density at radius 1 is 1.04 bits per heavy atom. The Kier molecular flexibility index (Phi) is 7.54. The van der Waals surface area contributed by atoms with Gasteiger partial charge in [0.25, 0.3) is 5.91 Å². The lowest BCUT2D eigenvalue weighted by molar-refractivity contribution is -0.121. The highest BCUT2D eigenvalue weighted by atomic mass is 16.5. The number of hydrogen-bond donors (Lipinski definition) is 2. The van der Waals surface area contributed by atoms with Crippen molar-refractivity contribution in [1.82, 2.24) is 10.6 Å². The first kappa shape index (κ1) is 20.2. The topological polar surface area (TPSA) is 99.0 Å². The van der Waals surface area contributed by atoms with Crippen molar-refractivity contribution in [3.05, 3.63) is 41.9 Å². The summed E-state index contributed by atoms with van der Waals surface area (Å²) in [6.45, 7) is 0.716. The summed E-state index contributed by atoms with van der Waals surface area (Å²) in [4.78, 5) is 24.1. The molecule has 0 spiro atoms. The molecule has 2 aromatic rings. The first-order chi connectivity index (χ1) is 13.1. The fourth-order valence-electron chi connectivity index (χ4n) is 2.45. The number of methoxy groups -OCH3 is 3. The first-order valence-corrected chi connectivity index (χ1v) is 8.46. The number of nitrogens with one attached hydrogen (secondary N) is 2. The van der Waals surface area contributed by atoms with Crippen molar-refractivity contribution >= 4 is 11.8 Å². The molecule has 1 heterocycles. The minimum atomic E-state index is -0.287. The van der Waals surface area contributed by atoms with Crippen molar-refractivity contribution in [3.8, 4) is 17.2 Å². The number of hydrogen-bond acceptors (Lipinski definition) is 6. The van der Waals surface area contributed by atoms with E-state index in [9.17, 15) is 9.59 Å². The van der Waals surface area contributed by atoms with Gasteiger partial charge < -0.3 is 29.3 Å². The largest absolute Gasteiger partial charge is 0.493 e. The predicted octanol–water partition coefficient (Wildman–Crippen LogP) is 2.13. The van der Waals surface area contributed by atoms with E-state index in [1.54, 1.807) is 30.5 Å². The maximum absolute atomic E-state index is 12.3. The molecule has 2 rings (SSSR count). The molecule has 8 nitrogen and oxygen atoms in total. The Bertz CT molecular complexity index is 733. The van der Waals surface area contributed by atoms with E-state index in [1.807, 2.05) is 0 Å². The highest BCUT2D eigenvalue weighted by Gasteiger charge is 2.16. The van der Waals surface area contributed by atoms with Gasteiger partial charge in [-0.15, -0.1) is 0 Å². The highest BCUT2D eigenvalue weighted by Crippen LogP contribution is 2.38. The van der Waals surface area contributed by atoms with Crippen LogP contribution in [0.25, 0.3) is 0 Å². The Balaban J connectivity index is 1.80. The smallest absolute Gasteiger partial charge is 0.251 e. The zero-order chi connectivity index (χ0) is 19.6. The standard InChI is InChI=1S/C19H24N2O6/c1-24-15-10-13(11-16(25-2)18(15)26-3)19(23)20-8-4-7-17(22)21-12-14-6-5-9-27-14/h5-6,9-11H,4,7-8,12H2,1-3H3,(H,20,23)(H,21,22). The van der Waals surface area contributed by atoms with Gasteiger partial charge in [-0.25, -0.2) is 0 Å². The third-order valence-electron chi connectivity index (χ3n) is 3.83. The van der Waals surface area contributed by atoms with Crippen LogP contribution in [0.5, 0.6) is 17.2 Å².